The number of halogens is 1. The first-order valence-electron chi connectivity index (χ1n) is 4.45. The van der Waals surface area contributed by atoms with E-state index in [0.29, 0.717) is 5.56 Å². The van der Waals surface area contributed by atoms with E-state index in [-0.39, 0.29) is 12.2 Å². The number of benzene rings is 1. The van der Waals surface area contributed by atoms with Crippen molar-refractivity contribution in [3.8, 4) is 5.75 Å². The molecular weight excluding hydrogens is 203 g/mol. The van der Waals surface area contributed by atoms with Crippen molar-refractivity contribution in [1.29, 1.82) is 0 Å². The lowest BCUT2D eigenvalue weighted by molar-refractivity contribution is -0.147. The Morgan fingerprint density at radius 1 is 1.53 bits per heavy atom. The minimum Gasteiger partial charge on any atom is -0.479 e. The highest BCUT2D eigenvalue weighted by Gasteiger charge is 2.31. The monoisotopic (exact) mass is 212 g/mol. The number of aliphatic hydroxyl groups is 1. The Labute approximate surface area is 84.9 Å². The van der Waals surface area contributed by atoms with Gasteiger partial charge >= 0.3 is 5.97 Å². The number of carboxylic acids is 1. The van der Waals surface area contributed by atoms with Gasteiger partial charge in [-0.3, -0.25) is 0 Å². The second-order valence-corrected chi connectivity index (χ2v) is 3.38. The highest BCUT2D eigenvalue weighted by Crippen LogP contribution is 2.34. The first-order valence-corrected chi connectivity index (χ1v) is 4.45. The summed E-state index contributed by atoms with van der Waals surface area (Å²) < 4.78 is 17.9. The van der Waals surface area contributed by atoms with Crippen molar-refractivity contribution in [1.82, 2.24) is 0 Å². The molecule has 80 valence electrons. The number of hydrogen-bond acceptors (Lipinski definition) is 3. The molecule has 2 N–H and O–H groups in total. The minimum absolute atomic E-state index is 0.0637. The summed E-state index contributed by atoms with van der Waals surface area (Å²) in [6, 6.07) is 3.64. The van der Waals surface area contributed by atoms with E-state index in [1.165, 1.54) is 6.07 Å². The topological polar surface area (TPSA) is 66.8 Å². The first-order chi connectivity index (χ1) is 7.08. The minimum atomic E-state index is -1.14. The van der Waals surface area contributed by atoms with Gasteiger partial charge in [0.25, 0.3) is 0 Å². The van der Waals surface area contributed by atoms with Crippen molar-refractivity contribution in [3.63, 3.8) is 0 Å². The Morgan fingerprint density at radius 2 is 2.27 bits per heavy atom. The van der Waals surface area contributed by atoms with Crippen molar-refractivity contribution in [2.24, 2.45) is 0 Å². The number of aliphatic hydroxyl groups excluding tert-OH is 1. The van der Waals surface area contributed by atoms with Crippen LogP contribution in [0.4, 0.5) is 4.39 Å². The molecule has 1 aliphatic rings. The summed E-state index contributed by atoms with van der Waals surface area (Å²) in [5.41, 5.74) is 0.299. The largest absolute Gasteiger partial charge is 0.479 e. The van der Waals surface area contributed by atoms with Gasteiger partial charge in [0.1, 0.15) is 11.6 Å². The molecule has 0 aromatic heterocycles. The summed E-state index contributed by atoms with van der Waals surface area (Å²) in [7, 11) is 0. The molecule has 0 spiro atoms. The van der Waals surface area contributed by atoms with Crippen molar-refractivity contribution in [3.05, 3.63) is 29.6 Å². The zero-order chi connectivity index (χ0) is 11.0. The predicted molar refractivity (Wildman–Crippen MR) is 48.0 cm³/mol. The van der Waals surface area contributed by atoms with Gasteiger partial charge in [0.2, 0.25) is 0 Å². The molecule has 0 fully saturated rings. The van der Waals surface area contributed by atoms with Gasteiger partial charge in [0.05, 0.1) is 6.10 Å². The number of rotatable bonds is 1. The maximum atomic E-state index is 12.8. The van der Waals surface area contributed by atoms with Crippen LogP contribution in [0.5, 0.6) is 5.75 Å². The Morgan fingerprint density at radius 3 is 2.93 bits per heavy atom. The second-order valence-electron chi connectivity index (χ2n) is 3.38. The summed E-state index contributed by atoms with van der Waals surface area (Å²) in [6.07, 6.45) is -2.13. The van der Waals surface area contributed by atoms with Gasteiger partial charge in [-0.2, -0.15) is 0 Å². The molecular formula is C10H9FO4. The summed E-state index contributed by atoms with van der Waals surface area (Å²) in [4.78, 5) is 10.7. The molecule has 15 heavy (non-hydrogen) atoms. The zero-order valence-electron chi connectivity index (χ0n) is 7.68. The lowest BCUT2D eigenvalue weighted by Gasteiger charge is -2.26. The summed E-state index contributed by atoms with van der Waals surface area (Å²) in [6.45, 7) is 0. The molecule has 0 saturated heterocycles. The Hall–Kier alpha value is -1.62. The van der Waals surface area contributed by atoms with Crippen LogP contribution in [0.15, 0.2) is 18.2 Å². The molecule has 1 aromatic carbocycles. The average Bonchev–Trinajstić information content (AvgIpc) is 2.18. The predicted octanol–water partition coefficient (Wildman–Crippen LogP) is 1.09. The molecule has 1 aromatic rings. The number of hydrogen-bond donors (Lipinski definition) is 2. The third-order valence-electron chi connectivity index (χ3n) is 2.31. The molecule has 2 atom stereocenters. The zero-order valence-corrected chi connectivity index (χ0v) is 7.68. The highest BCUT2D eigenvalue weighted by atomic mass is 19.1. The van der Waals surface area contributed by atoms with Crippen molar-refractivity contribution >= 4 is 5.97 Å². The van der Waals surface area contributed by atoms with Gasteiger partial charge in [-0.05, 0) is 18.2 Å². The van der Waals surface area contributed by atoms with Crippen LogP contribution in [-0.4, -0.2) is 22.3 Å². The third-order valence-corrected chi connectivity index (χ3v) is 2.31. The molecule has 0 amide bonds. The van der Waals surface area contributed by atoms with Gasteiger partial charge in [0.15, 0.2) is 6.10 Å². The van der Waals surface area contributed by atoms with E-state index in [2.05, 4.69) is 0 Å². The van der Waals surface area contributed by atoms with E-state index >= 15 is 0 Å². The lowest BCUT2D eigenvalue weighted by atomic mass is 9.99. The van der Waals surface area contributed by atoms with Crippen LogP contribution < -0.4 is 4.74 Å². The quantitative estimate of drug-likeness (QED) is 0.731. The fraction of sp³-hybridized carbons (Fsp3) is 0.300. The number of aliphatic carboxylic acids is 1. The Bertz CT molecular complexity index is 404. The lowest BCUT2D eigenvalue weighted by Crippen LogP contribution is -2.32. The van der Waals surface area contributed by atoms with Gasteiger partial charge in [-0.1, -0.05) is 0 Å². The standard InChI is InChI=1S/C10H9FO4/c11-5-1-2-8-6(3-5)7(12)4-9(15-8)10(13)14/h1-3,7,9,12H,4H2,(H,13,14)/t7-,9-/m0/s1. The summed E-state index contributed by atoms with van der Waals surface area (Å²) >= 11 is 0. The van der Waals surface area contributed by atoms with Crippen LogP contribution in [0.1, 0.15) is 18.1 Å². The SMILES string of the molecule is O=C(O)[C@@H]1C[C@H](O)c2cc(F)ccc2O1. The molecule has 2 rings (SSSR count). The van der Waals surface area contributed by atoms with E-state index in [1.807, 2.05) is 0 Å². The fourth-order valence-electron chi connectivity index (χ4n) is 1.57. The molecule has 0 aliphatic carbocycles. The second kappa shape index (κ2) is 3.51. The molecule has 1 aliphatic heterocycles. The highest BCUT2D eigenvalue weighted by molar-refractivity contribution is 5.73. The molecule has 0 bridgehead atoms. The van der Waals surface area contributed by atoms with E-state index < -0.39 is 24.0 Å². The normalized spacial score (nSPS) is 24.1. The van der Waals surface area contributed by atoms with Crippen LogP contribution in [0.2, 0.25) is 0 Å². The van der Waals surface area contributed by atoms with Crippen molar-refractivity contribution in [2.75, 3.05) is 0 Å². The van der Waals surface area contributed by atoms with E-state index in [0.717, 1.165) is 12.1 Å². The smallest absolute Gasteiger partial charge is 0.345 e. The maximum Gasteiger partial charge on any atom is 0.345 e. The first kappa shape index (κ1) is 9.92. The van der Waals surface area contributed by atoms with Crippen LogP contribution in [0.3, 0.4) is 0 Å². The number of fused-ring (bicyclic) bond motifs is 1. The Balaban J connectivity index is 2.36. The van der Waals surface area contributed by atoms with Gasteiger partial charge in [-0.15, -0.1) is 0 Å². The molecule has 4 nitrogen and oxygen atoms in total. The van der Waals surface area contributed by atoms with Crippen LogP contribution in [0, 0.1) is 5.82 Å². The molecule has 0 unspecified atom stereocenters. The number of ether oxygens (including phenoxy) is 1. The summed E-state index contributed by atoms with van der Waals surface area (Å²) in [5.74, 6) is -1.39. The van der Waals surface area contributed by atoms with E-state index in [9.17, 15) is 14.3 Å². The van der Waals surface area contributed by atoms with Crippen molar-refractivity contribution < 1.29 is 24.1 Å². The molecule has 0 saturated carbocycles. The fourth-order valence-corrected chi connectivity index (χ4v) is 1.57. The number of carboxylic acid groups (broad SMARTS) is 1. The van der Waals surface area contributed by atoms with Gasteiger partial charge < -0.3 is 14.9 Å². The Kier molecular flexibility index (Phi) is 2.32. The van der Waals surface area contributed by atoms with Crippen molar-refractivity contribution in [2.45, 2.75) is 18.6 Å². The average molecular weight is 212 g/mol. The molecule has 5 heteroatoms. The van der Waals surface area contributed by atoms with Crippen LogP contribution >= 0.6 is 0 Å². The molecule has 0 radical (unpaired) electrons. The van der Waals surface area contributed by atoms with Crippen LogP contribution in [-0.2, 0) is 4.79 Å². The maximum absolute atomic E-state index is 12.8. The van der Waals surface area contributed by atoms with Crippen LogP contribution in [0.25, 0.3) is 0 Å². The number of carbonyl (C=O) groups is 1. The third kappa shape index (κ3) is 1.78. The van der Waals surface area contributed by atoms with Gasteiger partial charge in [0, 0.05) is 12.0 Å². The van der Waals surface area contributed by atoms with Gasteiger partial charge in [-0.25, -0.2) is 9.18 Å². The van der Waals surface area contributed by atoms with E-state index in [1.54, 1.807) is 0 Å². The molecule has 1 heterocycles. The summed E-state index contributed by atoms with van der Waals surface area (Å²) in [5, 5.41) is 18.3. The van der Waals surface area contributed by atoms with E-state index in [4.69, 9.17) is 9.84 Å².